The SMILES string of the molecule is Cc1cc(Oc2ncnc(NN)c2C)cc(C)c1Br. The third-order valence-corrected chi connectivity index (χ3v) is 4.05. The molecule has 5 nitrogen and oxygen atoms in total. The fourth-order valence-corrected chi connectivity index (χ4v) is 1.99. The number of aromatic nitrogens is 2. The Hall–Kier alpha value is -1.66. The maximum atomic E-state index is 5.80. The van der Waals surface area contributed by atoms with Crippen molar-refractivity contribution >= 4 is 21.7 Å². The highest BCUT2D eigenvalue weighted by molar-refractivity contribution is 9.10. The van der Waals surface area contributed by atoms with Crippen LogP contribution in [0.1, 0.15) is 16.7 Å². The average molecular weight is 323 g/mol. The summed E-state index contributed by atoms with van der Waals surface area (Å²) in [6, 6.07) is 3.91. The Morgan fingerprint density at radius 2 is 1.79 bits per heavy atom. The topological polar surface area (TPSA) is 73.1 Å². The van der Waals surface area contributed by atoms with E-state index < -0.39 is 0 Å². The van der Waals surface area contributed by atoms with Gasteiger partial charge in [-0.15, -0.1) is 0 Å². The fourth-order valence-electron chi connectivity index (χ4n) is 1.76. The molecule has 0 aliphatic rings. The maximum Gasteiger partial charge on any atom is 0.227 e. The van der Waals surface area contributed by atoms with Gasteiger partial charge in [-0.05, 0) is 44.0 Å². The summed E-state index contributed by atoms with van der Waals surface area (Å²) >= 11 is 3.53. The van der Waals surface area contributed by atoms with Gasteiger partial charge in [0.05, 0.1) is 5.56 Å². The Morgan fingerprint density at radius 3 is 2.37 bits per heavy atom. The molecule has 2 rings (SSSR count). The summed E-state index contributed by atoms with van der Waals surface area (Å²) in [5.74, 6) is 7.16. The molecule has 100 valence electrons. The zero-order valence-corrected chi connectivity index (χ0v) is 12.6. The quantitative estimate of drug-likeness (QED) is 0.670. The molecular weight excluding hydrogens is 308 g/mol. The Kier molecular flexibility index (Phi) is 4.01. The van der Waals surface area contributed by atoms with Crippen LogP contribution < -0.4 is 16.0 Å². The molecule has 1 aromatic carbocycles. The predicted octanol–water partition coefficient (Wildman–Crippen LogP) is 3.24. The van der Waals surface area contributed by atoms with E-state index in [4.69, 9.17) is 10.6 Å². The van der Waals surface area contributed by atoms with E-state index in [1.54, 1.807) is 0 Å². The standard InChI is InChI=1S/C13H15BrN4O/c1-7-4-10(5-8(2)11(7)14)19-13-9(3)12(18-15)16-6-17-13/h4-6H,15H2,1-3H3,(H,16,17,18). The van der Waals surface area contributed by atoms with Crippen molar-refractivity contribution in [2.75, 3.05) is 5.43 Å². The summed E-state index contributed by atoms with van der Waals surface area (Å²) < 4.78 is 6.89. The number of hydrogen-bond donors (Lipinski definition) is 2. The predicted molar refractivity (Wildman–Crippen MR) is 78.3 cm³/mol. The van der Waals surface area contributed by atoms with Gasteiger partial charge < -0.3 is 10.2 Å². The second-order valence-electron chi connectivity index (χ2n) is 4.27. The highest BCUT2D eigenvalue weighted by atomic mass is 79.9. The van der Waals surface area contributed by atoms with Crippen molar-refractivity contribution < 1.29 is 4.74 Å². The van der Waals surface area contributed by atoms with Crippen LogP contribution >= 0.6 is 15.9 Å². The van der Waals surface area contributed by atoms with E-state index in [2.05, 4.69) is 31.3 Å². The number of nitrogens with two attached hydrogens (primary N) is 1. The minimum Gasteiger partial charge on any atom is -0.439 e. The van der Waals surface area contributed by atoms with Crippen molar-refractivity contribution in [3.05, 3.63) is 39.6 Å². The largest absolute Gasteiger partial charge is 0.439 e. The minimum absolute atomic E-state index is 0.490. The molecule has 0 aliphatic carbocycles. The van der Waals surface area contributed by atoms with Crippen LogP contribution in [0.2, 0.25) is 0 Å². The summed E-state index contributed by atoms with van der Waals surface area (Å²) in [7, 11) is 0. The monoisotopic (exact) mass is 322 g/mol. The lowest BCUT2D eigenvalue weighted by atomic mass is 10.1. The van der Waals surface area contributed by atoms with E-state index in [1.165, 1.54) is 6.33 Å². The molecule has 0 fully saturated rings. The first-order chi connectivity index (χ1) is 9.02. The molecule has 0 amide bonds. The van der Waals surface area contributed by atoms with Crippen LogP contribution in [-0.2, 0) is 0 Å². The van der Waals surface area contributed by atoms with Gasteiger partial charge in [-0.25, -0.2) is 15.8 Å². The summed E-state index contributed by atoms with van der Waals surface area (Å²) in [6.45, 7) is 5.89. The number of nitrogens with zero attached hydrogens (tertiary/aromatic N) is 2. The van der Waals surface area contributed by atoms with E-state index in [9.17, 15) is 0 Å². The number of anilines is 1. The number of nitrogen functional groups attached to an aromatic ring is 1. The lowest BCUT2D eigenvalue weighted by Crippen LogP contribution is -2.11. The summed E-state index contributed by atoms with van der Waals surface area (Å²) in [6.07, 6.45) is 1.41. The van der Waals surface area contributed by atoms with Crippen molar-refractivity contribution in [2.24, 2.45) is 5.84 Å². The third-order valence-electron chi connectivity index (χ3n) is 2.80. The fraction of sp³-hybridized carbons (Fsp3) is 0.231. The zero-order chi connectivity index (χ0) is 14.0. The number of hydrazine groups is 1. The van der Waals surface area contributed by atoms with Crippen LogP contribution in [0.25, 0.3) is 0 Å². The number of nitrogens with one attached hydrogen (secondary N) is 1. The Balaban J connectivity index is 2.36. The van der Waals surface area contributed by atoms with Crippen LogP contribution in [0, 0.1) is 20.8 Å². The number of halogens is 1. The van der Waals surface area contributed by atoms with Gasteiger partial charge in [-0.3, -0.25) is 0 Å². The summed E-state index contributed by atoms with van der Waals surface area (Å²) in [5.41, 5.74) is 5.50. The highest BCUT2D eigenvalue weighted by Crippen LogP contribution is 2.30. The van der Waals surface area contributed by atoms with E-state index in [1.807, 2.05) is 32.9 Å². The van der Waals surface area contributed by atoms with Crippen LogP contribution in [0.4, 0.5) is 5.82 Å². The molecule has 2 aromatic rings. The number of ether oxygens (including phenoxy) is 1. The first-order valence-electron chi connectivity index (χ1n) is 5.75. The second-order valence-corrected chi connectivity index (χ2v) is 5.06. The number of benzene rings is 1. The molecule has 0 atom stereocenters. The van der Waals surface area contributed by atoms with Crippen LogP contribution in [0.15, 0.2) is 22.9 Å². The molecule has 19 heavy (non-hydrogen) atoms. The van der Waals surface area contributed by atoms with Gasteiger partial charge in [-0.2, -0.15) is 0 Å². The first-order valence-corrected chi connectivity index (χ1v) is 6.55. The maximum absolute atomic E-state index is 5.80. The molecule has 0 radical (unpaired) electrons. The normalized spacial score (nSPS) is 10.4. The molecule has 3 N–H and O–H groups in total. The molecule has 0 spiro atoms. The summed E-state index contributed by atoms with van der Waals surface area (Å²) in [4.78, 5) is 8.14. The minimum atomic E-state index is 0.490. The van der Waals surface area contributed by atoms with E-state index in [-0.39, 0.29) is 0 Å². The van der Waals surface area contributed by atoms with Crippen molar-refractivity contribution in [2.45, 2.75) is 20.8 Å². The Labute approximate surface area is 120 Å². The van der Waals surface area contributed by atoms with Gasteiger partial charge in [0, 0.05) is 4.47 Å². The molecule has 0 bridgehead atoms. The molecule has 0 aliphatic heterocycles. The van der Waals surface area contributed by atoms with E-state index in [0.717, 1.165) is 26.9 Å². The number of hydrogen-bond acceptors (Lipinski definition) is 5. The smallest absolute Gasteiger partial charge is 0.227 e. The van der Waals surface area contributed by atoms with E-state index in [0.29, 0.717) is 11.7 Å². The van der Waals surface area contributed by atoms with Gasteiger partial charge in [-0.1, -0.05) is 15.9 Å². The van der Waals surface area contributed by atoms with E-state index >= 15 is 0 Å². The zero-order valence-electron chi connectivity index (χ0n) is 11.0. The number of aryl methyl sites for hydroxylation is 2. The van der Waals surface area contributed by atoms with Crippen molar-refractivity contribution in [1.82, 2.24) is 9.97 Å². The van der Waals surface area contributed by atoms with Gasteiger partial charge in [0.1, 0.15) is 17.9 Å². The molecule has 0 saturated carbocycles. The van der Waals surface area contributed by atoms with Crippen LogP contribution in [0.3, 0.4) is 0 Å². The highest BCUT2D eigenvalue weighted by Gasteiger charge is 2.10. The lowest BCUT2D eigenvalue weighted by Gasteiger charge is -2.12. The van der Waals surface area contributed by atoms with Crippen molar-refractivity contribution in [1.29, 1.82) is 0 Å². The number of rotatable bonds is 3. The lowest BCUT2D eigenvalue weighted by molar-refractivity contribution is 0.457. The molecule has 1 aromatic heterocycles. The average Bonchev–Trinajstić information content (AvgIpc) is 2.38. The third kappa shape index (κ3) is 2.85. The molecular formula is C13H15BrN4O. The van der Waals surface area contributed by atoms with Gasteiger partial charge in [0.2, 0.25) is 5.88 Å². The second kappa shape index (κ2) is 5.54. The molecule has 0 unspecified atom stereocenters. The van der Waals surface area contributed by atoms with Gasteiger partial charge in [0.15, 0.2) is 0 Å². The van der Waals surface area contributed by atoms with Crippen LogP contribution in [-0.4, -0.2) is 9.97 Å². The molecule has 6 heteroatoms. The summed E-state index contributed by atoms with van der Waals surface area (Å²) in [5, 5.41) is 0. The Bertz CT molecular complexity index is 593. The van der Waals surface area contributed by atoms with Gasteiger partial charge in [0.25, 0.3) is 0 Å². The molecule has 0 saturated heterocycles. The van der Waals surface area contributed by atoms with Gasteiger partial charge >= 0.3 is 0 Å². The first kappa shape index (κ1) is 13.8. The van der Waals surface area contributed by atoms with Crippen molar-refractivity contribution in [3.63, 3.8) is 0 Å². The van der Waals surface area contributed by atoms with Crippen LogP contribution in [0.5, 0.6) is 11.6 Å². The molecule has 1 heterocycles. The van der Waals surface area contributed by atoms with Crippen molar-refractivity contribution in [3.8, 4) is 11.6 Å². The Morgan fingerprint density at radius 1 is 1.16 bits per heavy atom.